The van der Waals surface area contributed by atoms with Crippen molar-refractivity contribution in [2.75, 3.05) is 38.1 Å². The van der Waals surface area contributed by atoms with Crippen LogP contribution in [-0.2, 0) is 11.3 Å². The number of hydrogen-bond acceptors (Lipinski definition) is 3. The quantitative estimate of drug-likeness (QED) is 0.830. The summed E-state index contributed by atoms with van der Waals surface area (Å²) in [5.41, 5.74) is 1.54. The molecule has 0 unspecified atom stereocenters. The van der Waals surface area contributed by atoms with Gasteiger partial charge in [-0.2, -0.15) is 0 Å². The standard InChI is InChI=1S/C21H23F2N3O/c1-24-13-20(27)26(19-4-2-3-18(23)11-19)15-21(24)9-10-25(14-21)12-16-5-7-17(22)8-6-16/h2-8,11H,9-10,12-15H2,1H3/t21-/m1/s1. The Bertz CT molecular complexity index is 842. The Morgan fingerprint density at radius 1 is 1.04 bits per heavy atom. The Morgan fingerprint density at radius 3 is 2.56 bits per heavy atom. The first-order chi connectivity index (χ1) is 12.9. The molecule has 0 aromatic heterocycles. The van der Waals surface area contributed by atoms with Crippen molar-refractivity contribution in [1.29, 1.82) is 0 Å². The third-order valence-electron chi connectivity index (χ3n) is 5.79. The molecule has 0 saturated carbocycles. The molecule has 0 aliphatic carbocycles. The number of likely N-dealkylation sites (tertiary alicyclic amines) is 1. The fourth-order valence-corrected chi connectivity index (χ4v) is 4.20. The van der Waals surface area contributed by atoms with Crippen molar-refractivity contribution in [3.8, 4) is 0 Å². The maximum atomic E-state index is 13.6. The van der Waals surface area contributed by atoms with Gasteiger partial charge in [-0.25, -0.2) is 8.78 Å². The van der Waals surface area contributed by atoms with Gasteiger partial charge in [0.25, 0.3) is 0 Å². The van der Waals surface area contributed by atoms with Crippen molar-refractivity contribution in [3.05, 3.63) is 65.7 Å². The predicted octanol–water partition coefficient (Wildman–Crippen LogP) is 2.89. The molecule has 4 nitrogen and oxygen atoms in total. The van der Waals surface area contributed by atoms with Crippen LogP contribution in [-0.4, -0.2) is 54.5 Å². The Hall–Kier alpha value is -2.31. The van der Waals surface area contributed by atoms with Gasteiger partial charge in [0.1, 0.15) is 11.6 Å². The maximum Gasteiger partial charge on any atom is 0.241 e. The van der Waals surface area contributed by atoms with E-state index >= 15 is 0 Å². The first-order valence-electron chi connectivity index (χ1n) is 9.19. The second-order valence-electron chi connectivity index (χ2n) is 7.63. The molecular weight excluding hydrogens is 348 g/mol. The van der Waals surface area contributed by atoms with Gasteiger partial charge in [0.2, 0.25) is 5.91 Å². The number of piperazine rings is 1. The number of halogens is 2. The predicted molar refractivity (Wildman–Crippen MR) is 100 cm³/mol. The van der Waals surface area contributed by atoms with E-state index in [4.69, 9.17) is 0 Å². The maximum absolute atomic E-state index is 13.6. The molecule has 0 N–H and O–H groups in total. The molecule has 2 heterocycles. The van der Waals surface area contributed by atoms with Gasteiger partial charge in [-0.05, 0) is 49.4 Å². The third kappa shape index (κ3) is 3.59. The molecule has 4 rings (SSSR count). The summed E-state index contributed by atoms with van der Waals surface area (Å²) in [5, 5.41) is 0. The number of rotatable bonds is 3. The fraction of sp³-hybridized carbons (Fsp3) is 0.381. The molecule has 2 fully saturated rings. The molecule has 6 heteroatoms. The molecule has 2 aliphatic rings. The molecule has 2 aliphatic heterocycles. The fourth-order valence-electron chi connectivity index (χ4n) is 4.20. The first kappa shape index (κ1) is 18.1. The SMILES string of the molecule is CN1CC(=O)N(c2cccc(F)c2)C[C@]12CCN(Cc1ccc(F)cc1)C2. The van der Waals surface area contributed by atoms with Crippen molar-refractivity contribution in [3.63, 3.8) is 0 Å². The van der Waals surface area contributed by atoms with Gasteiger partial charge in [-0.3, -0.25) is 14.6 Å². The van der Waals surface area contributed by atoms with Gasteiger partial charge in [0, 0.05) is 31.9 Å². The minimum atomic E-state index is -0.336. The highest BCUT2D eigenvalue weighted by Crippen LogP contribution is 2.34. The van der Waals surface area contributed by atoms with Crippen LogP contribution < -0.4 is 4.90 Å². The van der Waals surface area contributed by atoms with Gasteiger partial charge in [0.15, 0.2) is 0 Å². The summed E-state index contributed by atoms with van der Waals surface area (Å²) in [6.07, 6.45) is 0.934. The third-order valence-corrected chi connectivity index (χ3v) is 5.79. The summed E-state index contributed by atoms with van der Waals surface area (Å²) in [7, 11) is 1.99. The molecule has 2 aromatic carbocycles. The van der Waals surface area contributed by atoms with E-state index in [2.05, 4.69) is 9.80 Å². The number of carbonyl (C=O) groups excluding carboxylic acids is 1. The van der Waals surface area contributed by atoms with Crippen LogP contribution in [0.4, 0.5) is 14.5 Å². The summed E-state index contributed by atoms with van der Waals surface area (Å²) in [6.45, 7) is 3.35. The molecule has 0 radical (unpaired) electrons. The lowest BCUT2D eigenvalue weighted by molar-refractivity contribution is -0.123. The van der Waals surface area contributed by atoms with E-state index in [1.807, 2.05) is 19.2 Å². The van der Waals surface area contributed by atoms with Crippen molar-refractivity contribution in [1.82, 2.24) is 9.80 Å². The van der Waals surface area contributed by atoms with E-state index in [0.717, 1.165) is 31.6 Å². The summed E-state index contributed by atoms with van der Waals surface area (Å²) in [6, 6.07) is 12.8. The first-order valence-corrected chi connectivity index (χ1v) is 9.19. The zero-order valence-corrected chi connectivity index (χ0v) is 15.4. The minimum absolute atomic E-state index is 0.00860. The number of anilines is 1. The molecule has 142 valence electrons. The number of likely N-dealkylation sites (N-methyl/N-ethyl adjacent to an activating group) is 1. The van der Waals surface area contributed by atoms with Gasteiger partial charge < -0.3 is 4.90 Å². The Morgan fingerprint density at radius 2 is 1.81 bits per heavy atom. The van der Waals surface area contributed by atoms with E-state index in [0.29, 0.717) is 18.8 Å². The van der Waals surface area contributed by atoms with Crippen molar-refractivity contribution >= 4 is 11.6 Å². The van der Waals surface area contributed by atoms with Crippen LogP contribution in [0, 0.1) is 11.6 Å². The number of carbonyl (C=O) groups is 1. The minimum Gasteiger partial charge on any atom is -0.309 e. The average Bonchev–Trinajstić information content (AvgIpc) is 3.04. The number of benzene rings is 2. The van der Waals surface area contributed by atoms with Crippen molar-refractivity contribution in [2.45, 2.75) is 18.5 Å². The van der Waals surface area contributed by atoms with Gasteiger partial charge in [0.05, 0.1) is 12.1 Å². The van der Waals surface area contributed by atoms with Crippen molar-refractivity contribution in [2.24, 2.45) is 0 Å². The van der Waals surface area contributed by atoms with E-state index in [1.165, 1.54) is 24.3 Å². The molecule has 2 saturated heterocycles. The largest absolute Gasteiger partial charge is 0.309 e. The molecule has 1 spiro atoms. The summed E-state index contributed by atoms with van der Waals surface area (Å²) >= 11 is 0. The second kappa shape index (κ2) is 7.02. The number of nitrogens with zero attached hydrogens (tertiary/aromatic N) is 3. The molecule has 1 amide bonds. The molecule has 27 heavy (non-hydrogen) atoms. The van der Waals surface area contributed by atoms with Crippen LogP contribution in [0.1, 0.15) is 12.0 Å². The number of amides is 1. The highest BCUT2D eigenvalue weighted by atomic mass is 19.1. The lowest BCUT2D eigenvalue weighted by Gasteiger charge is -2.47. The van der Waals surface area contributed by atoms with Crippen molar-refractivity contribution < 1.29 is 13.6 Å². The highest BCUT2D eigenvalue weighted by Gasteiger charge is 2.47. The zero-order valence-electron chi connectivity index (χ0n) is 15.4. The summed E-state index contributed by atoms with van der Waals surface area (Å²) < 4.78 is 26.8. The topological polar surface area (TPSA) is 26.8 Å². The monoisotopic (exact) mass is 371 g/mol. The van der Waals surface area contributed by atoms with Crippen LogP contribution in [0.2, 0.25) is 0 Å². The van der Waals surface area contributed by atoms with Gasteiger partial charge >= 0.3 is 0 Å². The highest BCUT2D eigenvalue weighted by molar-refractivity contribution is 5.96. The second-order valence-corrected chi connectivity index (χ2v) is 7.63. The van der Waals surface area contributed by atoms with Crippen LogP contribution in [0.5, 0.6) is 0 Å². The summed E-state index contributed by atoms with van der Waals surface area (Å²) in [4.78, 5) is 18.8. The average molecular weight is 371 g/mol. The Balaban J connectivity index is 1.51. The Kier molecular flexibility index (Phi) is 4.70. The van der Waals surface area contributed by atoms with Crippen LogP contribution in [0.3, 0.4) is 0 Å². The lowest BCUT2D eigenvalue weighted by Crippen LogP contribution is -2.64. The van der Waals surface area contributed by atoms with E-state index < -0.39 is 0 Å². The zero-order chi connectivity index (χ0) is 19.0. The molecule has 0 bridgehead atoms. The lowest BCUT2D eigenvalue weighted by atomic mass is 9.92. The van der Waals surface area contributed by atoms with Crippen LogP contribution in [0.15, 0.2) is 48.5 Å². The van der Waals surface area contributed by atoms with Gasteiger partial charge in [-0.1, -0.05) is 18.2 Å². The molecular formula is C21H23F2N3O. The number of hydrogen-bond donors (Lipinski definition) is 0. The van der Waals surface area contributed by atoms with E-state index in [9.17, 15) is 13.6 Å². The Labute approximate surface area is 158 Å². The molecule has 1 atom stereocenters. The molecule has 2 aromatic rings. The van der Waals surface area contributed by atoms with E-state index in [-0.39, 0.29) is 23.1 Å². The smallest absolute Gasteiger partial charge is 0.241 e. The summed E-state index contributed by atoms with van der Waals surface area (Å²) in [5.74, 6) is -0.573. The normalized spacial score (nSPS) is 24.1. The van der Waals surface area contributed by atoms with Crippen LogP contribution in [0.25, 0.3) is 0 Å². The van der Waals surface area contributed by atoms with Gasteiger partial charge in [-0.15, -0.1) is 0 Å². The van der Waals surface area contributed by atoms with Crippen LogP contribution >= 0.6 is 0 Å². The van der Waals surface area contributed by atoms with E-state index in [1.54, 1.807) is 17.0 Å².